The van der Waals surface area contributed by atoms with Gasteiger partial charge in [-0.1, -0.05) is 43.0 Å². The maximum atomic E-state index is 11.1. The average Bonchev–Trinajstić information content (AvgIpc) is 3.20. The van der Waals surface area contributed by atoms with Gasteiger partial charge in [-0.25, -0.2) is 0 Å². The summed E-state index contributed by atoms with van der Waals surface area (Å²) < 4.78 is 0. The topological polar surface area (TPSA) is 17.1 Å². The van der Waals surface area contributed by atoms with Crippen LogP contribution in [0.2, 0.25) is 5.02 Å². The Balaban J connectivity index is 1.76. The first-order valence-electron chi connectivity index (χ1n) is 7.15. The van der Waals surface area contributed by atoms with Gasteiger partial charge in [-0.15, -0.1) is 0 Å². The Morgan fingerprint density at radius 3 is 2.47 bits per heavy atom. The second kappa shape index (κ2) is 5.46. The van der Waals surface area contributed by atoms with E-state index >= 15 is 0 Å². The van der Waals surface area contributed by atoms with Crippen LogP contribution in [0, 0.1) is 5.92 Å². The summed E-state index contributed by atoms with van der Waals surface area (Å²) in [6, 6.07) is 6.36. The second-order valence-electron chi connectivity index (χ2n) is 5.87. The highest BCUT2D eigenvalue weighted by Gasteiger charge is 2.43. The van der Waals surface area contributed by atoms with E-state index in [-0.39, 0.29) is 11.2 Å². The molecule has 0 amide bonds. The molecular formula is C16H18Cl2O. The molecule has 2 saturated carbocycles. The molecule has 0 heterocycles. The number of rotatable bonds is 3. The van der Waals surface area contributed by atoms with E-state index in [4.69, 9.17) is 23.2 Å². The summed E-state index contributed by atoms with van der Waals surface area (Å²) in [5.74, 6) is 0.932. The van der Waals surface area contributed by atoms with Crippen LogP contribution in [-0.4, -0.2) is 5.24 Å². The van der Waals surface area contributed by atoms with E-state index in [0.717, 1.165) is 11.4 Å². The van der Waals surface area contributed by atoms with Crippen molar-refractivity contribution in [2.75, 3.05) is 0 Å². The van der Waals surface area contributed by atoms with Crippen LogP contribution in [-0.2, 0) is 4.79 Å². The number of carbonyl (C=O) groups excluding carboxylic acids is 1. The van der Waals surface area contributed by atoms with Gasteiger partial charge < -0.3 is 0 Å². The third kappa shape index (κ3) is 2.83. The molecule has 0 aliphatic heterocycles. The molecule has 0 bridgehead atoms. The van der Waals surface area contributed by atoms with E-state index in [1.165, 1.54) is 43.2 Å². The lowest BCUT2D eigenvalue weighted by Gasteiger charge is -2.23. The van der Waals surface area contributed by atoms with Gasteiger partial charge in [0, 0.05) is 10.9 Å². The van der Waals surface area contributed by atoms with Crippen LogP contribution < -0.4 is 0 Å². The quantitative estimate of drug-likeness (QED) is 0.696. The van der Waals surface area contributed by atoms with Crippen molar-refractivity contribution in [1.82, 2.24) is 0 Å². The summed E-state index contributed by atoms with van der Waals surface area (Å²) in [6.45, 7) is 0. The summed E-state index contributed by atoms with van der Waals surface area (Å²) in [5.41, 5.74) is 2.46. The van der Waals surface area contributed by atoms with Gasteiger partial charge in [0.2, 0.25) is 5.24 Å². The van der Waals surface area contributed by atoms with E-state index in [9.17, 15) is 4.79 Å². The molecule has 19 heavy (non-hydrogen) atoms. The van der Waals surface area contributed by atoms with Crippen molar-refractivity contribution in [3.63, 3.8) is 0 Å². The molecule has 1 nitrogen and oxygen atoms in total. The SMILES string of the molecule is O=C(Cl)C1CC1c1ccc(C2CCCCC2)c(Cl)c1. The molecule has 3 heteroatoms. The third-order valence-corrected chi connectivity index (χ3v) is 5.19. The lowest BCUT2D eigenvalue weighted by molar-refractivity contribution is -0.112. The Labute approximate surface area is 124 Å². The van der Waals surface area contributed by atoms with Crippen molar-refractivity contribution in [3.8, 4) is 0 Å². The highest BCUT2D eigenvalue weighted by atomic mass is 35.5. The predicted octanol–water partition coefficient (Wildman–Crippen LogP) is 5.26. The smallest absolute Gasteiger partial charge is 0.225 e. The summed E-state index contributed by atoms with van der Waals surface area (Å²) >= 11 is 12.0. The van der Waals surface area contributed by atoms with Crippen LogP contribution in [0.25, 0.3) is 0 Å². The van der Waals surface area contributed by atoms with Gasteiger partial charge in [0.1, 0.15) is 0 Å². The maximum absolute atomic E-state index is 11.1. The van der Waals surface area contributed by atoms with E-state index < -0.39 is 0 Å². The molecule has 2 aliphatic carbocycles. The zero-order valence-corrected chi connectivity index (χ0v) is 12.4. The number of hydrogen-bond donors (Lipinski definition) is 0. The minimum absolute atomic E-state index is 0.0123. The molecule has 0 radical (unpaired) electrons. The Kier molecular flexibility index (Phi) is 3.86. The fourth-order valence-electron chi connectivity index (χ4n) is 3.33. The molecule has 0 spiro atoms. The van der Waals surface area contributed by atoms with E-state index in [0.29, 0.717) is 11.8 Å². The van der Waals surface area contributed by atoms with Crippen LogP contribution in [0.15, 0.2) is 18.2 Å². The summed E-state index contributed by atoms with van der Waals surface area (Å²) in [5, 5.41) is 0.662. The zero-order chi connectivity index (χ0) is 13.4. The van der Waals surface area contributed by atoms with Crippen molar-refractivity contribution < 1.29 is 4.79 Å². The Morgan fingerprint density at radius 1 is 1.16 bits per heavy atom. The fraction of sp³-hybridized carbons (Fsp3) is 0.562. The monoisotopic (exact) mass is 296 g/mol. The van der Waals surface area contributed by atoms with Crippen molar-refractivity contribution in [1.29, 1.82) is 0 Å². The molecule has 1 aromatic rings. The van der Waals surface area contributed by atoms with Gasteiger partial charge in [0.05, 0.1) is 0 Å². The first kappa shape index (κ1) is 13.5. The second-order valence-corrected chi connectivity index (χ2v) is 6.65. The Bertz CT molecular complexity index is 492. The average molecular weight is 297 g/mol. The summed E-state index contributed by atoms with van der Waals surface area (Å²) in [7, 11) is 0. The summed E-state index contributed by atoms with van der Waals surface area (Å²) in [4.78, 5) is 11.1. The summed E-state index contributed by atoms with van der Waals surface area (Å²) in [6.07, 6.45) is 7.37. The molecule has 3 rings (SSSR count). The molecule has 1 aromatic carbocycles. The van der Waals surface area contributed by atoms with E-state index in [1.54, 1.807) is 0 Å². The first-order valence-corrected chi connectivity index (χ1v) is 7.91. The minimum Gasteiger partial charge on any atom is -0.281 e. The lowest BCUT2D eigenvalue weighted by atomic mass is 9.83. The van der Waals surface area contributed by atoms with Crippen LogP contribution in [0.1, 0.15) is 61.5 Å². The van der Waals surface area contributed by atoms with Crippen molar-refractivity contribution >= 4 is 28.4 Å². The zero-order valence-electron chi connectivity index (χ0n) is 10.9. The lowest BCUT2D eigenvalue weighted by Crippen LogP contribution is -2.05. The molecule has 0 saturated heterocycles. The van der Waals surface area contributed by atoms with Crippen LogP contribution in [0.4, 0.5) is 0 Å². The number of hydrogen-bond acceptors (Lipinski definition) is 1. The highest BCUT2D eigenvalue weighted by Crippen LogP contribution is 2.49. The molecule has 0 N–H and O–H groups in total. The normalized spacial score (nSPS) is 27.3. The number of halogens is 2. The van der Waals surface area contributed by atoms with Crippen molar-refractivity contribution in [2.45, 2.75) is 50.4 Å². The van der Waals surface area contributed by atoms with Gasteiger partial charge in [0.15, 0.2) is 0 Å². The van der Waals surface area contributed by atoms with Gasteiger partial charge in [-0.3, -0.25) is 4.79 Å². The van der Waals surface area contributed by atoms with Gasteiger partial charge >= 0.3 is 0 Å². The molecule has 2 fully saturated rings. The first-order chi connectivity index (χ1) is 9.16. The maximum Gasteiger partial charge on any atom is 0.225 e. The van der Waals surface area contributed by atoms with Gasteiger partial charge in [0.25, 0.3) is 0 Å². The van der Waals surface area contributed by atoms with Gasteiger partial charge in [-0.05, 0) is 59.9 Å². The minimum atomic E-state index is -0.211. The largest absolute Gasteiger partial charge is 0.281 e. The fourth-order valence-corrected chi connectivity index (χ4v) is 3.92. The standard InChI is InChI=1S/C16H18Cl2O/c17-15-8-11(13-9-14(13)16(18)19)6-7-12(15)10-4-2-1-3-5-10/h6-8,10,13-14H,1-5,9H2. The van der Waals surface area contributed by atoms with Crippen LogP contribution >= 0.6 is 23.2 Å². The predicted molar refractivity (Wildman–Crippen MR) is 79.0 cm³/mol. The molecule has 2 aliphatic rings. The van der Waals surface area contributed by atoms with Gasteiger partial charge in [-0.2, -0.15) is 0 Å². The van der Waals surface area contributed by atoms with Crippen LogP contribution in [0.3, 0.4) is 0 Å². The number of carbonyl (C=O) groups is 1. The highest BCUT2D eigenvalue weighted by molar-refractivity contribution is 6.64. The van der Waals surface area contributed by atoms with Crippen molar-refractivity contribution in [2.24, 2.45) is 5.92 Å². The molecule has 2 unspecified atom stereocenters. The molecule has 0 aromatic heterocycles. The molecule has 102 valence electrons. The molecule has 2 atom stereocenters. The van der Waals surface area contributed by atoms with E-state index in [2.05, 4.69) is 18.2 Å². The van der Waals surface area contributed by atoms with E-state index in [1.807, 2.05) is 0 Å². The van der Waals surface area contributed by atoms with Crippen LogP contribution in [0.5, 0.6) is 0 Å². The third-order valence-electron chi connectivity index (χ3n) is 4.58. The Morgan fingerprint density at radius 2 is 1.89 bits per heavy atom. The Hall–Kier alpha value is -0.530. The number of benzene rings is 1. The molecular weight excluding hydrogens is 279 g/mol. The van der Waals surface area contributed by atoms with Crippen molar-refractivity contribution in [3.05, 3.63) is 34.3 Å².